The van der Waals surface area contributed by atoms with E-state index < -0.39 is 36.2 Å². The average Bonchev–Trinajstić information content (AvgIpc) is 2.84. The number of benzene rings is 2. The predicted octanol–water partition coefficient (Wildman–Crippen LogP) is 3.34. The second kappa shape index (κ2) is 6.65. The van der Waals surface area contributed by atoms with E-state index in [-0.39, 0.29) is 12.0 Å². The van der Waals surface area contributed by atoms with Crippen LogP contribution < -0.4 is 5.32 Å². The van der Waals surface area contributed by atoms with Crippen LogP contribution in [-0.2, 0) is 11.2 Å². The molecule has 2 N–H and O–H groups in total. The van der Waals surface area contributed by atoms with E-state index in [0.29, 0.717) is 11.1 Å². The Morgan fingerprint density at radius 2 is 1.79 bits per heavy atom. The Kier molecular flexibility index (Phi) is 4.57. The maximum Gasteiger partial charge on any atom is 0.313 e. The molecule has 1 fully saturated rings. The van der Waals surface area contributed by atoms with Gasteiger partial charge in [-0.15, -0.1) is 0 Å². The predicted molar refractivity (Wildman–Crippen MR) is 83.4 cm³/mol. The Labute approximate surface area is 137 Å². The van der Waals surface area contributed by atoms with Gasteiger partial charge in [0.25, 0.3) is 0 Å². The van der Waals surface area contributed by atoms with Crippen LogP contribution in [0.1, 0.15) is 5.56 Å². The lowest BCUT2D eigenvalue weighted by Gasteiger charge is -2.16. The number of carbonyl (C=O) groups is 1. The minimum absolute atomic E-state index is 0.127. The minimum atomic E-state index is -1.98. The summed E-state index contributed by atoms with van der Waals surface area (Å²) in [5.41, 5.74) is 1.27. The van der Waals surface area contributed by atoms with Crippen LogP contribution in [0.5, 0.6) is 0 Å². The molecule has 4 unspecified atom stereocenters. The first kappa shape index (κ1) is 16.5. The molecule has 126 valence electrons. The first-order valence-electron chi connectivity index (χ1n) is 7.59. The number of hydrogen-bond donors (Lipinski definition) is 2. The molecule has 0 aliphatic carbocycles. The van der Waals surface area contributed by atoms with Gasteiger partial charge in [-0.1, -0.05) is 48.5 Å². The van der Waals surface area contributed by atoms with E-state index in [1.54, 1.807) is 36.4 Å². The number of aliphatic carboxylic acids is 1. The van der Waals surface area contributed by atoms with Gasteiger partial charge in [-0.25, -0.2) is 13.2 Å². The molecule has 0 bridgehead atoms. The Hall–Kier alpha value is -2.34. The molecule has 3 rings (SSSR count). The summed E-state index contributed by atoms with van der Waals surface area (Å²) in [6.07, 6.45) is -4.03. The van der Waals surface area contributed by atoms with Crippen LogP contribution >= 0.6 is 0 Å². The van der Waals surface area contributed by atoms with E-state index in [0.717, 1.165) is 0 Å². The molecule has 0 spiro atoms. The summed E-state index contributed by atoms with van der Waals surface area (Å²) in [5.74, 6) is -3.81. The number of alkyl halides is 2. The zero-order chi connectivity index (χ0) is 17.3. The van der Waals surface area contributed by atoms with Crippen molar-refractivity contribution in [3.8, 4) is 11.1 Å². The molecule has 2 aromatic rings. The van der Waals surface area contributed by atoms with E-state index in [9.17, 15) is 18.0 Å². The lowest BCUT2D eigenvalue weighted by molar-refractivity contribution is -0.145. The molecule has 0 radical (unpaired) electrons. The molecule has 0 saturated carbocycles. The smallest absolute Gasteiger partial charge is 0.313 e. The maximum absolute atomic E-state index is 14.7. The summed E-state index contributed by atoms with van der Waals surface area (Å²) in [5, 5.41) is 11.2. The highest BCUT2D eigenvalue weighted by Gasteiger charge is 2.48. The van der Waals surface area contributed by atoms with Crippen molar-refractivity contribution in [2.45, 2.75) is 24.9 Å². The third-order valence-electron chi connectivity index (χ3n) is 4.30. The van der Waals surface area contributed by atoms with E-state index in [4.69, 9.17) is 5.11 Å². The fourth-order valence-corrected chi connectivity index (χ4v) is 3.06. The number of carboxylic acids is 1. The van der Waals surface area contributed by atoms with E-state index >= 15 is 0 Å². The van der Waals surface area contributed by atoms with Crippen LogP contribution in [0.3, 0.4) is 0 Å². The van der Waals surface area contributed by atoms with Crippen molar-refractivity contribution in [3.05, 3.63) is 59.9 Å². The fraction of sp³-hybridized carbons (Fsp3) is 0.278. The number of rotatable bonds is 4. The SMILES string of the molecule is O=C(O)C1C(F)NC(Cc2cccc(-c3ccccc3)c2F)C1F. The molecular formula is C18H16F3NO2. The molecular weight excluding hydrogens is 319 g/mol. The van der Waals surface area contributed by atoms with Crippen molar-refractivity contribution in [2.75, 3.05) is 0 Å². The molecule has 2 aromatic carbocycles. The summed E-state index contributed by atoms with van der Waals surface area (Å²) in [6, 6.07) is 12.6. The number of nitrogens with one attached hydrogen (secondary N) is 1. The van der Waals surface area contributed by atoms with Crippen molar-refractivity contribution in [1.82, 2.24) is 5.32 Å². The second-order valence-electron chi connectivity index (χ2n) is 5.83. The first-order valence-corrected chi connectivity index (χ1v) is 7.59. The van der Waals surface area contributed by atoms with Crippen LogP contribution in [0.4, 0.5) is 13.2 Å². The van der Waals surface area contributed by atoms with Gasteiger partial charge in [0.1, 0.15) is 17.9 Å². The summed E-state index contributed by atoms with van der Waals surface area (Å²) in [6.45, 7) is 0. The van der Waals surface area contributed by atoms with Crippen LogP contribution in [0.15, 0.2) is 48.5 Å². The number of carboxylic acid groups (broad SMARTS) is 1. The Morgan fingerprint density at radius 3 is 2.42 bits per heavy atom. The monoisotopic (exact) mass is 335 g/mol. The third-order valence-corrected chi connectivity index (χ3v) is 4.30. The molecule has 1 aliphatic rings. The number of hydrogen-bond acceptors (Lipinski definition) is 2. The van der Waals surface area contributed by atoms with Crippen LogP contribution in [0, 0.1) is 11.7 Å². The average molecular weight is 335 g/mol. The number of halogens is 3. The Bertz CT molecular complexity index is 738. The van der Waals surface area contributed by atoms with E-state index in [1.165, 1.54) is 6.07 Å². The van der Waals surface area contributed by atoms with Crippen molar-refractivity contribution in [3.63, 3.8) is 0 Å². The van der Waals surface area contributed by atoms with Crippen LogP contribution in [-0.4, -0.2) is 29.6 Å². The zero-order valence-corrected chi connectivity index (χ0v) is 12.6. The van der Waals surface area contributed by atoms with Crippen molar-refractivity contribution in [1.29, 1.82) is 0 Å². The minimum Gasteiger partial charge on any atom is -0.481 e. The lowest BCUT2D eigenvalue weighted by Crippen LogP contribution is -2.32. The molecule has 24 heavy (non-hydrogen) atoms. The molecule has 6 heteroatoms. The standard InChI is InChI=1S/C18H16F3NO2/c19-15-11(7-4-8-12(15)10-5-2-1-3-6-10)9-13-16(20)14(18(23)24)17(21)22-13/h1-8,13-14,16-17,22H,9H2,(H,23,24). The molecule has 0 aromatic heterocycles. The lowest BCUT2D eigenvalue weighted by atomic mass is 9.95. The highest BCUT2D eigenvalue weighted by Crippen LogP contribution is 2.30. The molecule has 4 atom stereocenters. The summed E-state index contributed by atoms with van der Waals surface area (Å²) < 4.78 is 42.6. The van der Waals surface area contributed by atoms with E-state index in [1.807, 2.05) is 6.07 Å². The highest BCUT2D eigenvalue weighted by atomic mass is 19.2. The van der Waals surface area contributed by atoms with E-state index in [2.05, 4.69) is 5.32 Å². The summed E-state index contributed by atoms with van der Waals surface area (Å²) in [7, 11) is 0. The van der Waals surface area contributed by atoms with Gasteiger partial charge >= 0.3 is 5.97 Å². The normalized spacial score (nSPS) is 26.5. The van der Waals surface area contributed by atoms with Gasteiger partial charge in [-0.05, 0) is 17.5 Å². The summed E-state index contributed by atoms with van der Waals surface area (Å²) >= 11 is 0. The van der Waals surface area contributed by atoms with Crippen LogP contribution in [0.2, 0.25) is 0 Å². The van der Waals surface area contributed by atoms with Crippen LogP contribution in [0.25, 0.3) is 11.1 Å². The topological polar surface area (TPSA) is 49.3 Å². The Morgan fingerprint density at radius 1 is 1.08 bits per heavy atom. The first-order chi connectivity index (χ1) is 11.5. The molecule has 1 aliphatic heterocycles. The van der Waals surface area contributed by atoms with Crippen molar-refractivity contribution < 1.29 is 23.1 Å². The molecule has 3 nitrogen and oxygen atoms in total. The van der Waals surface area contributed by atoms with Gasteiger partial charge < -0.3 is 5.11 Å². The molecule has 1 heterocycles. The van der Waals surface area contributed by atoms with Gasteiger partial charge in [0, 0.05) is 11.6 Å². The molecule has 0 amide bonds. The fourth-order valence-electron chi connectivity index (χ4n) is 3.06. The second-order valence-corrected chi connectivity index (χ2v) is 5.83. The van der Waals surface area contributed by atoms with Gasteiger partial charge in [0.2, 0.25) is 0 Å². The largest absolute Gasteiger partial charge is 0.481 e. The van der Waals surface area contributed by atoms with Crippen molar-refractivity contribution in [2.24, 2.45) is 5.92 Å². The highest BCUT2D eigenvalue weighted by molar-refractivity contribution is 5.72. The maximum atomic E-state index is 14.7. The van der Waals surface area contributed by atoms with Gasteiger partial charge in [-0.3, -0.25) is 10.1 Å². The molecule has 1 saturated heterocycles. The van der Waals surface area contributed by atoms with Gasteiger partial charge in [0.05, 0.1) is 0 Å². The Balaban J connectivity index is 1.86. The van der Waals surface area contributed by atoms with Gasteiger partial charge in [0.15, 0.2) is 6.30 Å². The third kappa shape index (κ3) is 3.01. The van der Waals surface area contributed by atoms with Gasteiger partial charge in [-0.2, -0.15) is 0 Å². The van der Waals surface area contributed by atoms with Crippen molar-refractivity contribution >= 4 is 5.97 Å². The quantitative estimate of drug-likeness (QED) is 0.843. The zero-order valence-electron chi connectivity index (χ0n) is 12.6. The summed E-state index contributed by atoms with van der Waals surface area (Å²) in [4.78, 5) is 10.9.